The Morgan fingerprint density at radius 2 is 2.32 bits per heavy atom. The van der Waals surface area contributed by atoms with Crippen LogP contribution in [-0.2, 0) is 6.54 Å². The summed E-state index contributed by atoms with van der Waals surface area (Å²) in [7, 11) is 0. The molecule has 0 spiro atoms. The van der Waals surface area contributed by atoms with Gasteiger partial charge in [-0.25, -0.2) is 4.68 Å². The van der Waals surface area contributed by atoms with E-state index in [1.807, 2.05) is 6.92 Å². The first-order chi connectivity index (χ1) is 8.97. The van der Waals surface area contributed by atoms with Crippen LogP contribution in [0.4, 0.5) is 10.1 Å². The molecule has 0 bridgehead atoms. The molecule has 0 fully saturated rings. The van der Waals surface area contributed by atoms with Gasteiger partial charge in [-0.1, -0.05) is 27.2 Å². The number of halogens is 2. The Labute approximate surface area is 116 Å². The highest BCUT2D eigenvalue weighted by molar-refractivity contribution is 9.09. The summed E-state index contributed by atoms with van der Waals surface area (Å²) in [6.07, 6.45) is 1.73. The molecule has 1 unspecified atom stereocenters. The van der Waals surface area contributed by atoms with E-state index in [1.54, 1.807) is 10.9 Å². The van der Waals surface area contributed by atoms with Crippen LogP contribution in [-0.4, -0.2) is 19.9 Å². The molecule has 19 heavy (non-hydrogen) atoms. The van der Waals surface area contributed by atoms with Crippen LogP contribution in [0.5, 0.6) is 0 Å². The van der Waals surface area contributed by atoms with Gasteiger partial charge in [0.05, 0.1) is 22.0 Å². The van der Waals surface area contributed by atoms with Gasteiger partial charge >= 0.3 is 5.69 Å². The molecule has 1 heterocycles. The highest BCUT2D eigenvalue weighted by Crippen LogP contribution is 2.20. The number of hydrogen-bond acceptors (Lipinski definition) is 4. The van der Waals surface area contributed by atoms with Crippen molar-refractivity contribution in [1.82, 2.24) is 15.0 Å². The van der Waals surface area contributed by atoms with E-state index in [9.17, 15) is 14.5 Å². The van der Waals surface area contributed by atoms with Crippen molar-refractivity contribution in [3.05, 3.63) is 51.6 Å². The molecule has 0 aliphatic heterocycles. The minimum atomic E-state index is -0.850. The van der Waals surface area contributed by atoms with Crippen LogP contribution in [0.2, 0.25) is 0 Å². The second-order valence-electron chi connectivity index (χ2n) is 4.00. The number of hydrogen-bond donors (Lipinski definition) is 0. The lowest BCUT2D eigenvalue weighted by Gasteiger charge is -2.01. The van der Waals surface area contributed by atoms with E-state index in [-0.39, 0.29) is 4.83 Å². The molecule has 0 N–H and O–H groups in total. The highest BCUT2D eigenvalue weighted by atomic mass is 79.9. The minimum Gasteiger partial charge on any atom is -0.258 e. The average Bonchev–Trinajstić information content (AvgIpc) is 2.77. The monoisotopic (exact) mass is 328 g/mol. The Hall–Kier alpha value is -1.83. The SMILES string of the molecule is CC(Br)c1cn(Cc2ccc([N+](=O)[O-])c(F)c2)nn1. The summed E-state index contributed by atoms with van der Waals surface area (Å²) in [5.74, 6) is -0.850. The van der Waals surface area contributed by atoms with Gasteiger partial charge in [0.25, 0.3) is 0 Å². The second-order valence-corrected chi connectivity index (χ2v) is 5.37. The lowest BCUT2D eigenvalue weighted by atomic mass is 10.2. The van der Waals surface area contributed by atoms with Crippen LogP contribution in [0, 0.1) is 15.9 Å². The topological polar surface area (TPSA) is 73.8 Å². The van der Waals surface area contributed by atoms with Crippen LogP contribution in [0.25, 0.3) is 0 Å². The smallest absolute Gasteiger partial charge is 0.258 e. The van der Waals surface area contributed by atoms with Gasteiger partial charge in [0.2, 0.25) is 5.82 Å². The Morgan fingerprint density at radius 1 is 1.58 bits per heavy atom. The van der Waals surface area contributed by atoms with Gasteiger partial charge in [-0.3, -0.25) is 10.1 Å². The lowest BCUT2D eigenvalue weighted by Crippen LogP contribution is -2.02. The predicted octanol–water partition coefficient (Wildman–Crippen LogP) is 2.83. The first-order valence-electron chi connectivity index (χ1n) is 5.44. The summed E-state index contributed by atoms with van der Waals surface area (Å²) >= 11 is 3.37. The zero-order valence-corrected chi connectivity index (χ0v) is 11.5. The normalized spacial score (nSPS) is 12.4. The molecular weight excluding hydrogens is 319 g/mol. The molecular formula is C11H10BrFN4O2. The molecule has 1 atom stereocenters. The molecule has 8 heteroatoms. The van der Waals surface area contributed by atoms with Crippen LogP contribution in [0.15, 0.2) is 24.4 Å². The van der Waals surface area contributed by atoms with Crippen molar-refractivity contribution < 1.29 is 9.31 Å². The number of alkyl halides is 1. The van der Waals surface area contributed by atoms with E-state index in [0.29, 0.717) is 12.1 Å². The number of nitrogens with zero attached hydrogens (tertiary/aromatic N) is 4. The molecule has 0 aliphatic rings. The summed E-state index contributed by atoms with van der Waals surface area (Å²) in [6, 6.07) is 3.78. The van der Waals surface area contributed by atoms with Crippen LogP contribution in [0.1, 0.15) is 23.0 Å². The van der Waals surface area contributed by atoms with E-state index >= 15 is 0 Å². The maximum Gasteiger partial charge on any atom is 0.304 e. The van der Waals surface area contributed by atoms with E-state index in [1.165, 1.54) is 6.07 Å². The van der Waals surface area contributed by atoms with Gasteiger partial charge in [0.1, 0.15) is 0 Å². The van der Waals surface area contributed by atoms with Crippen molar-refractivity contribution in [1.29, 1.82) is 0 Å². The zero-order valence-electron chi connectivity index (χ0n) is 9.96. The maximum atomic E-state index is 13.4. The van der Waals surface area contributed by atoms with Gasteiger partial charge in [0.15, 0.2) is 0 Å². The predicted molar refractivity (Wildman–Crippen MR) is 69.5 cm³/mol. The lowest BCUT2D eigenvalue weighted by molar-refractivity contribution is -0.387. The van der Waals surface area contributed by atoms with Crippen LogP contribution < -0.4 is 0 Å². The molecule has 1 aromatic carbocycles. The molecule has 0 radical (unpaired) electrons. The fraction of sp³-hybridized carbons (Fsp3) is 0.273. The summed E-state index contributed by atoms with van der Waals surface area (Å²) in [5.41, 5.74) is 0.821. The highest BCUT2D eigenvalue weighted by Gasteiger charge is 2.14. The third kappa shape index (κ3) is 3.14. The second kappa shape index (κ2) is 5.43. The van der Waals surface area contributed by atoms with Crippen molar-refractivity contribution in [2.45, 2.75) is 18.3 Å². The molecule has 0 aliphatic carbocycles. The van der Waals surface area contributed by atoms with E-state index in [4.69, 9.17) is 0 Å². The number of nitro groups is 1. The zero-order chi connectivity index (χ0) is 14.0. The summed E-state index contributed by atoms with van der Waals surface area (Å²) in [5, 5.41) is 18.3. The quantitative estimate of drug-likeness (QED) is 0.491. The fourth-order valence-corrected chi connectivity index (χ4v) is 1.77. The van der Waals surface area contributed by atoms with Gasteiger partial charge in [-0.05, 0) is 18.6 Å². The van der Waals surface area contributed by atoms with Crippen molar-refractivity contribution in [2.24, 2.45) is 0 Å². The van der Waals surface area contributed by atoms with Gasteiger partial charge in [-0.2, -0.15) is 4.39 Å². The fourth-order valence-electron chi connectivity index (χ4n) is 1.56. The van der Waals surface area contributed by atoms with E-state index < -0.39 is 16.4 Å². The van der Waals surface area contributed by atoms with Crippen LogP contribution in [0.3, 0.4) is 0 Å². The average molecular weight is 329 g/mol. The largest absolute Gasteiger partial charge is 0.304 e. The minimum absolute atomic E-state index is 0.0786. The first kappa shape index (κ1) is 13.6. The summed E-state index contributed by atoms with van der Waals surface area (Å²) in [4.78, 5) is 9.83. The van der Waals surface area contributed by atoms with Crippen molar-refractivity contribution in [3.63, 3.8) is 0 Å². The Bertz CT molecular complexity index is 614. The van der Waals surface area contributed by atoms with E-state index in [0.717, 1.165) is 17.8 Å². The van der Waals surface area contributed by atoms with Gasteiger partial charge in [-0.15, -0.1) is 5.10 Å². The van der Waals surface area contributed by atoms with Crippen LogP contribution >= 0.6 is 15.9 Å². The standard InChI is InChI=1S/C11H10BrFN4O2/c1-7(12)10-6-16(15-14-10)5-8-2-3-11(17(18)19)9(13)4-8/h2-4,6-7H,5H2,1H3. The Morgan fingerprint density at radius 3 is 2.84 bits per heavy atom. The Kier molecular flexibility index (Phi) is 3.89. The number of aromatic nitrogens is 3. The molecule has 0 saturated carbocycles. The molecule has 2 rings (SSSR count). The van der Waals surface area contributed by atoms with Crippen molar-refractivity contribution in [2.75, 3.05) is 0 Å². The van der Waals surface area contributed by atoms with E-state index in [2.05, 4.69) is 26.2 Å². The third-order valence-corrected chi connectivity index (χ3v) is 2.99. The first-order valence-corrected chi connectivity index (χ1v) is 6.36. The van der Waals surface area contributed by atoms with Crippen molar-refractivity contribution >= 4 is 21.6 Å². The summed E-state index contributed by atoms with van der Waals surface area (Å²) < 4.78 is 15.0. The van der Waals surface area contributed by atoms with Crippen molar-refractivity contribution in [3.8, 4) is 0 Å². The number of benzene rings is 1. The molecule has 2 aromatic rings. The molecule has 100 valence electrons. The number of nitro benzene ring substituents is 1. The maximum absolute atomic E-state index is 13.4. The molecule has 1 aromatic heterocycles. The Balaban J connectivity index is 2.19. The number of rotatable bonds is 4. The molecule has 6 nitrogen and oxygen atoms in total. The third-order valence-electron chi connectivity index (χ3n) is 2.52. The van der Waals surface area contributed by atoms with Gasteiger partial charge < -0.3 is 0 Å². The summed E-state index contributed by atoms with van der Waals surface area (Å²) in [6.45, 7) is 2.22. The van der Waals surface area contributed by atoms with Gasteiger partial charge in [0, 0.05) is 12.3 Å². The molecule has 0 amide bonds. The molecule has 0 saturated heterocycles.